The van der Waals surface area contributed by atoms with Crippen LogP contribution in [-0.4, -0.2) is 33.0 Å². The van der Waals surface area contributed by atoms with E-state index in [0.29, 0.717) is 0 Å². The average molecular weight is 276 g/mol. The molecule has 0 aromatic carbocycles. The van der Waals surface area contributed by atoms with E-state index >= 15 is 0 Å². The number of aliphatic imine (C=N–C) groups is 1. The minimum absolute atomic E-state index is 0.869. The van der Waals surface area contributed by atoms with Gasteiger partial charge in [0.25, 0.3) is 0 Å². The maximum absolute atomic E-state index is 5.51. The normalized spacial score (nSPS) is 16.2. The number of allylic oxidation sites excluding steroid dienone is 5. The molecule has 20 heavy (non-hydrogen) atoms. The molecule has 0 heterocycles. The van der Waals surface area contributed by atoms with Crippen molar-refractivity contribution in [3.8, 4) is 0 Å². The van der Waals surface area contributed by atoms with Gasteiger partial charge in [0.2, 0.25) is 0 Å². The molecule has 0 aromatic heterocycles. The summed E-state index contributed by atoms with van der Waals surface area (Å²) in [4.78, 5) is 4.58. The third-order valence-corrected chi connectivity index (χ3v) is 3.42. The molecular weight excluding hydrogens is 248 g/mol. The summed E-state index contributed by atoms with van der Waals surface area (Å²) in [5, 5.41) is 3.20. The quantitative estimate of drug-likeness (QED) is 0.687. The molecule has 1 N–H and O–H groups in total. The SMILES string of the molecule is CCN=C(CC)CC1=CCC=C(OC)C(CCNC)=C1. The van der Waals surface area contributed by atoms with E-state index in [1.807, 2.05) is 7.05 Å². The summed E-state index contributed by atoms with van der Waals surface area (Å²) >= 11 is 0. The van der Waals surface area contributed by atoms with Gasteiger partial charge in [-0.1, -0.05) is 19.1 Å². The van der Waals surface area contributed by atoms with Crippen LogP contribution in [0.2, 0.25) is 0 Å². The lowest BCUT2D eigenvalue weighted by Gasteiger charge is -2.11. The van der Waals surface area contributed by atoms with E-state index in [0.717, 1.165) is 44.5 Å². The molecule has 0 atom stereocenters. The van der Waals surface area contributed by atoms with E-state index in [1.54, 1.807) is 7.11 Å². The fourth-order valence-electron chi connectivity index (χ4n) is 2.35. The number of hydrogen-bond donors (Lipinski definition) is 1. The molecule has 3 heteroatoms. The Kier molecular flexibility index (Phi) is 7.97. The Morgan fingerprint density at radius 3 is 2.75 bits per heavy atom. The first-order chi connectivity index (χ1) is 9.74. The topological polar surface area (TPSA) is 33.6 Å². The van der Waals surface area contributed by atoms with E-state index in [9.17, 15) is 0 Å². The molecule has 0 unspecified atom stereocenters. The van der Waals surface area contributed by atoms with Crippen LogP contribution in [0.25, 0.3) is 0 Å². The summed E-state index contributed by atoms with van der Waals surface area (Å²) in [6, 6.07) is 0. The standard InChI is InChI=1S/C17H28N2O/c1-5-16(19-6-2)13-14-8-7-9-17(20-4)15(12-14)10-11-18-3/h8-9,12,18H,5-7,10-11,13H2,1-4H3. The summed E-state index contributed by atoms with van der Waals surface area (Å²) in [6.45, 7) is 6.10. The molecule has 0 aromatic rings. The van der Waals surface area contributed by atoms with Crippen molar-refractivity contribution in [2.45, 2.75) is 39.5 Å². The van der Waals surface area contributed by atoms with Gasteiger partial charge in [0.1, 0.15) is 5.76 Å². The van der Waals surface area contributed by atoms with Crippen molar-refractivity contribution in [1.29, 1.82) is 0 Å². The average Bonchev–Trinajstić information content (AvgIpc) is 2.66. The van der Waals surface area contributed by atoms with Gasteiger partial charge in [-0.25, -0.2) is 0 Å². The second-order valence-electron chi connectivity index (χ2n) is 4.88. The Morgan fingerprint density at radius 1 is 1.35 bits per heavy atom. The first-order valence-electron chi connectivity index (χ1n) is 7.56. The Balaban J connectivity index is 2.86. The number of hydrogen-bond acceptors (Lipinski definition) is 3. The molecule has 1 aliphatic carbocycles. The van der Waals surface area contributed by atoms with Gasteiger partial charge < -0.3 is 10.1 Å². The molecule has 1 aliphatic rings. The van der Waals surface area contributed by atoms with Gasteiger partial charge in [-0.3, -0.25) is 4.99 Å². The van der Waals surface area contributed by atoms with Crippen LogP contribution in [0.3, 0.4) is 0 Å². The van der Waals surface area contributed by atoms with Gasteiger partial charge in [-0.15, -0.1) is 0 Å². The predicted molar refractivity (Wildman–Crippen MR) is 87.3 cm³/mol. The van der Waals surface area contributed by atoms with Crippen molar-refractivity contribution in [2.75, 3.05) is 27.2 Å². The lowest BCUT2D eigenvalue weighted by atomic mass is 10.0. The van der Waals surface area contributed by atoms with Gasteiger partial charge >= 0.3 is 0 Å². The number of nitrogens with one attached hydrogen (secondary N) is 1. The molecule has 112 valence electrons. The van der Waals surface area contributed by atoms with Crippen LogP contribution in [0.5, 0.6) is 0 Å². The number of rotatable bonds is 8. The molecule has 0 aliphatic heterocycles. The number of methoxy groups -OCH3 is 1. The summed E-state index contributed by atoms with van der Waals surface area (Å²) in [5.41, 5.74) is 3.91. The molecule has 0 bridgehead atoms. The van der Waals surface area contributed by atoms with E-state index < -0.39 is 0 Å². The second-order valence-corrected chi connectivity index (χ2v) is 4.88. The second kappa shape index (κ2) is 9.54. The van der Waals surface area contributed by atoms with Crippen LogP contribution in [-0.2, 0) is 4.74 Å². The highest BCUT2D eigenvalue weighted by Gasteiger charge is 2.10. The van der Waals surface area contributed by atoms with Crippen LogP contribution in [0.4, 0.5) is 0 Å². The number of ether oxygens (including phenoxy) is 1. The summed E-state index contributed by atoms with van der Waals surface area (Å²) < 4.78 is 5.51. The van der Waals surface area contributed by atoms with Crippen molar-refractivity contribution in [3.63, 3.8) is 0 Å². The fourth-order valence-corrected chi connectivity index (χ4v) is 2.35. The van der Waals surface area contributed by atoms with Gasteiger partial charge in [0, 0.05) is 18.7 Å². The summed E-state index contributed by atoms with van der Waals surface area (Å²) in [5.74, 6) is 1.01. The van der Waals surface area contributed by atoms with Gasteiger partial charge in [-0.2, -0.15) is 0 Å². The van der Waals surface area contributed by atoms with E-state index in [-0.39, 0.29) is 0 Å². The Bertz CT molecular complexity index is 417. The molecule has 1 rings (SSSR count). The smallest absolute Gasteiger partial charge is 0.118 e. The molecular formula is C17H28N2O. The molecule has 3 nitrogen and oxygen atoms in total. The Labute approximate surface area is 123 Å². The van der Waals surface area contributed by atoms with Crippen LogP contribution in [0.15, 0.2) is 40.1 Å². The Morgan fingerprint density at radius 2 is 2.15 bits per heavy atom. The highest BCUT2D eigenvalue weighted by Crippen LogP contribution is 2.23. The molecule has 0 saturated carbocycles. The maximum Gasteiger partial charge on any atom is 0.118 e. The molecule has 0 fully saturated rings. The van der Waals surface area contributed by atoms with Crippen molar-refractivity contribution in [2.24, 2.45) is 4.99 Å². The first kappa shape index (κ1) is 16.7. The third-order valence-electron chi connectivity index (χ3n) is 3.42. The molecule has 0 saturated heterocycles. The largest absolute Gasteiger partial charge is 0.497 e. The highest BCUT2D eigenvalue weighted by atomic mass is 16.5. The Hall–Kier alpha value is -1.35. The van der Waals surface area contributed by atoms with Crippen molar-refractivity contribution in [1.82, 2.24) is 5.32 Å². The number of nitrogens with zero attached hydrogens (tertiary/aromatic N) is 1. The zero-order chi connectivity index (χ0) is 14.8. The van der Waals surface area contributed by atoms with Gasteiger partial charge in [-0.05, 0) is 57.0 Å². The highest BCUT2D eigenvalue weighted by molar-refractivity contribution is 5.87. The first-order valence-corrected chi connectivity index (χ1v) is 7.56. The van der Waals surface area contributed by atoms with Crippen molar-refractivity contribution in [3.05, 3.63) is 35.1 Å². The molecule has 0 spiro atoms. The lowest BCUT2D eigenvalue weighted by Crippen LogP contribution is -2.10. The zero-order valence-electron chi connectivity index (χ0n) is 13.3. The maximum atomic E-state index is 5.51. The van der Waals surface area contributed by atoms with Gasteiger partial charge in [0.15, 0.2) is 0 Å². The van der Waals surface area contributed by atoms with Crippen LogP contribution < -0.4 is 5.32 Å². The van der Waals surface area contributed by atoms with E-state index in [2.05, 4.69) is 42.4 Å². The lowest BCUT2D eigenvalue weighted by molar-refractivity contribution is 0.297. The minimum Gasteiger partial charge on any atom is -0.497 e. The summed E-state index contributed by atoms with van der Waals surface area (Å²) in [7, 11) is 3.73. The van der Waals surface area contributed by atoms with Crippen LogP contribution in [0.1, 0.15) is 39.5 Å². The van der Waals surface area contributed by atoms with Gasteiger partial charge in [0.05, 0.1) is 7.11 Å². The van der Waals surface area contributed by atoms with Crippen molar-refractivity contribution < 1.29 is 4.74 Å². The van der Waals surface area contributed by atoms with Crippen molar-refractivity contribution >= 4 is 5.71 Å². The van der Waals surface area contributed by atoms with Crippen LogP contribution >= 0.6 is 0 Å². The summed E-state index contributed by atoms with van der Waals surface area (Å²) in [6.07, 6.45) is 10.6. The van der Waals surface area contributed by atoms with E-state index in [4.69, 9.17) is 4.74 Å². The predicted octanol–water partition coefficient (Wildman–Crippen LogP) is 3.64. The zero-order valence-corrected chi connectivity index (χ0v) is 13.3. The third kappa shape index (κ3) is 5.33. The monoisotopic (exact) mass is 276 g/mol. The molecule has 0 amide bonds. The fraction of sp³-hybridized carbons (Fsp3) is 0.588. The minimum atomic E-state index is 0.869. The van der Waals surface area contributed by atoms with Crippen LogP contribution in [0, 0.1) is 0 Å². The molecule has 0 radical (unpaired) electrons. The van der Waals surface area contributed by atoms with E-state index in [1.165, 1.54) is 16.9 Å².